The maximum atomic E-state index is 4.63. The van der Waals surface area contributed by atoms with E-state index in [4.69, 9.17) is 0 Å². The second-order valence-corrected chi connectivity index (χ2v) is 5.18. The Kier molecular flexibility index (Phi) is 3.64. The first kappa shape index (κ1) is 13.1. The molecule has 2 aromatic rings. The number of nitrogens with one attached hydrogen (secondary N) is 2. The first-order valence-corrected chi connectivity index (χ1v) is 7.00. The Labute approximate surface area is 118 Å². The number of aryl methyl sites for hydroxylation is 1. The first-order valence-electron chi connectivity index (χ1n) is 7.00. The summed E-state index contributed by atoms with van der Waals surface area (Å²) >= 11 is 0. The molecule has 0 bridgehead atoms. The predicted molar refractivity (Wildman–Crippen MR) is 77.3 cm³/mol. The Balaban J connectivity index is 1.79. The number of aromatic amines is 1. The number of hydrogen-bond acceptors (Lipinski definition) is 5. The number of H-pyrrole nitrogens is 1. The van der Waals surface area contributed by atoms with Crippen LogP contribution in [0.5, 0.6) is 0 Å². The van der Waals surface area contributed by atoms with Crippen molar-refractivity contribution in [2.75, 3.05) is 18.9 Å². The maximum absolute atomic E-state index is 4.63. The highest BCUT2D eigenvalue weighted by atomic mass is 15.2. The number of aromatic nitrogens is 4. The van der Waals surface area contributed by atoms with Gasteiger partial charge in [-0.3, -0.25) is 9.88 Å². The number of nitrogens with zero attached hydrogens (tertiary/aromatic N) is 4. The molecule has 1 aliphatic heterocycles. The molecule has 0 aromatic carbocycles. The lowest BCUT2D eigenvalue weighted by Crippen LogP contribution is -2.24. The molecule has 0 spiro atoms. The van der Waals surface area contributed by atoms with Crippen LogP contribution >= 0.6 is 0 Å². The van der Waals surface area contributed by atoms with Crippen molar-refractivity contribution in [1.29, 1.82) is 0 Å². The van der Waals surface area contributed by atoms with Crippen LogP contribution in [-0.4, -0.2) is 38.4 Å². The zero-order valence-electron chi connectivity index (χ0n) is 11.9. The minimum Gasteiger partial charge on any atom is -0.372 e. The maximum Gasteiger partial charge on any atom is 0.144 e. The van der Waals surface area contributed by atoms with Crippen LogP contribution in [0.3, 0.4) is 0 Å². The number of likely N-dealkylation sites (tertiary alicyclic amines) is 1. The van der Waals surface area contributed by atoms with Crippen LogP contribution in [0, 0.1) is 6.92 Å². The van der Waals surface area contributed by atoms with Gasteiger partial charge in [0.05, 0.1) is 36.2 Å². The molecule has 6 nitrogen and oxygen atoms in total. The molecule has 0 aliphatic carbocycles. The summed E-state index contributed by atoms with van der Waals surface area (Å²) in [5.41, 5.74) is 3.31. The van der Waals surface area contributed by atoms with Gasteiger partial charge < -0.3 is 10.3 Å². The van der Waals surface area contributed by atoms with Crippen LogP contribution in [0.1, 0.15) is 36.0 Å². The Morgan fingerprint density at radius 3 is 3.10 bits per heavy atom. The molecule has 1 aliphatic rings. The second kappa shape index (κ2) is 5.58. The number of anilines is 1. The molecule has 2 aromatic heterocycles. The third-order valence-corrected chi connectivity index (χ3v) is 3.90. The molecular weight excluding hydrogens is 252 g/mol. The summed E-state index contributed by atoms with van der Waals surface area (Å²) in [6.07, 6.45) is 7.71. The van der Waals surface area contributed by atoms with Gasteiger partial charge in [0.25, 0.3) is 0 Å². The van der Waals surface area contributed by atoms with Crippen LogP contribution < -0.4 is 5.32 Å². The van der Waals surface area contributed by atoms with E-state index in [2.05, 4.69) is 37.1 Å². The van der Waals surface area contributed by atoms with Gasteiger partial charge in [-0.05, 0) is 26.3 Å². The summed E-state index contributed by atoms with van der Waals surface area (Å²) in [6, 6.07) is 0.340. The topological polar surface area (TPSA) is 69.7 Å². The van der Waals surface area contributed by atoms with Crippen LogP contribution in [-0.2, 0) is 6.54 Å². The van der Waals surface area contributed by atoms with Gasteiger partial charge in [-0.2, -0.15) is 0 Å². The third kappa shape index (κ3) is 2.51. The lowest BCUT2D eigenvalue weighted by atomic mass is 10.1. The van der Waals surface area contributed by atoms with E-state index in [9.17, 15) is 0 Å². The van der Waals surface area contributed by atoms with Crippen molar-refractivity contribution in [1.82, 2.24) is 24.8 Å². The summed E-state index contributed by atoms with van der Waals surface area (Å²) < 4.78 is 0. The fraction of sp³-hybridized carbons (Fsp3) is 0.500. The molecule has 3 heterocycles. The van der Waals surface area contributed by atoms with Gasteiger partial charge in [-0.1, -0.05) is 0 Å². The Hall–Kier alpha value is -1.95. The molecule has 1 fully saturated rings. The minimum absolute atomic E-state index is 0.340. The van der Waals surface area contributed by atoms with E-state index in [0.717, 1.165) is 42.4 Å². The molecular formula is C14H20N6. The van der Waals surface area contributed by atoms with Crippen molar-refractivity contribution in [3.63, 3.8) is 0 Å². The average Bonchev–Trinajstić information content (AvgIpc) is 3.09. The Morgan fingerprint density at radius 1 is 1.45 bits per heavy atom. The molecule has 1 saturated heterocycles. The van der Waals surface area contributed by atoms with Crippen molar-refractivity contribution in [3.8, 4) is 0 Å². The van der Waals surface area contributed by atoms with E-state index in [1.54, 1.807) is 12.5 Å². The average molecular weight is 272 g/mol. The lowest BCUT2D eigenvalue weighted by Gasteiger charge is -2.23. The van der Waals surface area contributed by atoms with E-state index in [1.165, 1.54) is 6.42 Å². The van der Waals surface area contributed by atoms with Gasteiger partial charge in [0.1, 0.15) is 5.82 Å². The highest BCUT2D eigenvalue weighted by Crippen LogP contribution is 2.32. The molecule has 2 N–H and O–H groups in total. The highest BCUT2D eigenvalue weighted by molar-refractivity contribution is 5.31. The van der Waals surface area contributed by atoms with E-state index >= 15 is 0 Å². The largest absolute Gasteiger partial charge is 0.372 e. The van der Waals surface area contributed by atoms with E-state index < -0.39 is 0 Å². The standard InChI is InChI=1S/C14H20N6/c1-10-12(18-9-17-10)8-20-5-3-4-13(20)11-6-16-7-14(15-2)19-11/h6-7,9,13H,3-5,8H2,1-2H3,(H,15,19)(H,17,18)/t13-/m1/s1. The Morgan fingerprint density at radius 2 is 2.35 bits per heavy atom. The molecule has 3 rings (SSSR count). The Bertz CT molecular complexity index is 579. The molecule has 0 saturated carbocycles. The smallest absolute Gasteiger partial charge is 0.144 e. The van der Waals surface area contributed by atoms with Crippen molar-refractivity contribution in [2.24, 2.45) is 0 Å². The monoisotopic (exact) mass is 272 g/mol. The summed E-state index contributed by atoms with van der Waals surface area (Å²) in [5, 5.41) is 3.05. The van der Waals surface area contributed by atoms with Gasteiger partial charge in [0, 0.05) is 19.3 Å². The van der Waals surface area contributed by atoms with Crippen LogP contribution in [0.25, 0.3) is 0 Å². The zero-order valence-corrected chi connectivity index (χ0v) is 11.9. The van der Waals surface area contributed by atoms with Crippen LogP contribution in [0.4, 0.5) is 5.82 Å². The second-order valence-electron chi connectivity index (χ2n) is 5.18. The molecule has 106 valence electrons. The van der Waals surface area contributed by atoms with Crippen LogP contribution in [0.2, 0.25) is 0 Å². The minimum atomic E-state index is 0.340. The van der Waals surface area contributed by atoms with Gasteiger partial charge in [0.2, 0.25) is 0 Å². The van der Waals surface area contributed by atoms with Gasteiger partial charge in [-0.25, -0.2) is 9.97 Å². The molecule has 20 heavy (non-hydrogen) atoms. The summed E-state index contributed by atoms with van der Waals surface area (Å²) in [4.78, 5) is 18.9. The fourth-order valence-electron chi connectivity index (χ4n) is 2.75. The normalized spacial score (nSPS) is 19.4. The van der Waals surface area contributed by atoms with Crippen LogP contribution in [0.15, 0.2) is 18.7 Å². The molecule has 0 radical (unpaired) electrons. The van der Waals surface area contributed by atoms with Crippen molar-refractivity contribution < 1.29 is 0 Å². The first-order chi connectivity index (χ1) is 9.78. The van der Waals surface area contributed by atoms with Gasteiger partial charge in [-0.15, -0.1) is 0 Å². The number of rotatable bonds is 4. The number of imidazole rings is 1. The van der Waals surface area contributed by atoms with E-state index in [0.29, 0.717) is 6.04 Å². The van der Waals surface area contributed by atoms with Crippen molar-refractivity contribution >= 4 is 5.82 Å². The molecule has 0 unspecified atom stereocenters. The lowest BCUT2D eigenvalue weighted by molar-refractivity contribution is 0.241. The van der Waals surface area contributed by atoms with Gasteiger partial charge >= 0.3 is 0 Å². The molecule has 0 amide bonds. The third-order valence-electron chi connectivity index (χ3n) is 3.90. The van der Waals surface area contributed by atoms with E-state index in [1.807, 2.05) is 13.2 Å². The summed E-state index contributed by atoms with van der Waals surface area (Å²) in [7, 11) is 1.87. The summed E-state index contributed by atoms with van der Waals surface area (Å²) in [6.45, 7) is 4.02. The van der Waals surface area contributed by atoms with Crippen molar-refractivity contribution in [2.45, 2.75) is 32.4 Å². The SMILES string of the molecule is CNc1cncc([C@H]2CCCN2Cc2nc[nH]c2C)n1. The van der Waals surface area contributed by atoms with Crippen molar-refractivity contribution in [3.05, 3.63) is 35.8 Å². The molecule has 1 atom stereocenters. The fourth-order valence-corrected chi connectivity index (χ4v) is 2.75. The summed E-state index contributed by atoms with van der Waals surface area (Å²) in [5.74, 6) is 0.824. The quantitative estimate of drug-likeness (QED) is 0.889. The predicted octanol–water partition coefficient (Wildman–Crippen LogP) is 1.89. The zero-order chi connectivity index (χ0) is 13.9. The molecule has 6 heteroatoms. The van der Waals surface area contributed by atoms with Gasteiger partial charge in [0.15, 0.2) is 0 Å². The van der Waals surface area contributed by atoms with E-state index in [-0.39, 0.29) is 0 Å². The number of hydrogen-bond donors (Lipinski definition) is 2. The highest BCUT2D eigenvalue weighted by Gasteiger charge is 2.28.